The zero-order valence-corrected chi connectivity index (χ0v) is 10.2. The predicted octanol–water partition coefficient (Wildman–Crippen LogP) is 3.53. The molecule has 0 bridgehead atoms. The minimum absolute atomic E-state index is 0.833. The SMILES string of the molecule is CCC[Si](C)(C)CCCOCC. The average Bonchev–Trinajstić information content (AvgIpc) is 1.98. The van der Waals surface area contributed by atoms with Crippen LogP contribution in [-0.4, -0.2) is 21.3 Å². The van der Waals surface area contributed by atoms with Gasteiger partial charge in [0, 0.05) is 21.3 Å². The Labute approximate surface area is 78.5 Å². The molecule has 0 saturated heterocycles. The lowest BCUT2D eigenvalue weighted by Crippen LogP contribution is -2.24. The van der Waals surface area contributed by atoms with Crippen molar-refractivity contribution in [2.24, 2.45) is 0 Å². The zero-order chi connectivity index (χ0) is 9.45. The second-order valence-corrected chi connectivity index (χ2v) is 9.54. The van der Waals surface area contributed by atoms with Gasteiger partial charge in [-0.1, -0.05) is 38.5 Å². The molecule has 2 heteroatoms. The van der Waals surface area contributed by atoms with Crippen LogP contribution >= 0.6 is 0 Å². The fourth-order valence-electron chi connectivity index (χ4n) is 1.60. The summed E-state index contributed by atoms with van der Waals surface area (Å²) in [7, 11) is -0.833. The molecule has 0 aromatic rings. The monoisotopic (exact) mass is 188 g/mol. The Balaban J connectivity index is 3.33. The first-order chi connectivity index (χ1) is 5.62. The van der Waals surface area contributed by atoms with Crippen molar-refractivity contribution in [3.05, 3.63) is 0 Å². The van der Waals surface area contributed by atoms with E-state index in [1.807, 2.05) is 0 Å². The Morgan fingerprint density at radius 1 is 1.08 bits per heavy atom. The fraction of sp³-hybridized carbons (Fsp3) is 1.00. The lowest BCUT2D eigenvalue weighted by atomic mass is 10.5. The molecular weight excluding hydrogens is 164 g/mol. The molecule has 0 fully saturated rings. The van der Waals surface area contributed by atoms with Crippen LogP contribution in [0.25, 0.3) is 0 Å². The van der Waals surface area contributed by atoms with Crippen LogP contribution in [0.3, 0.4) is 0 Å². The van der Waals surface area contributed by atoms with Gasteiger partial charge in [0.25, 0.3) is 0 Å². The minimum atomic E-state index is -0.833. The highest BCUT2D eigenvalue weighted by atomic mass is 28.3. The summed E-state index contributed by atoms with van der Waals surface area (Å²) in [6, 6.07) is 2.90. The molecule has 0 aliphatic rings. The largest absolute Gasteiger partial charge is 0.382 e. The molecule has 0 aliphatic carbocycles. The summed E-state index contributed by atoms with van der Waals surface area (Å²) in [5.74, 6) is 0. The van der Waals surface area contributed by atoms with Gasteiger partial charge in [-0.25, -0.2) is 0 Å². The first-order valence-corrected chi connectivity index (χ1v) is 8.61. The Morgan fingerprint density at radius 3 is 2.25 bits per heavy atom. The molecule has 0 aromatic heterocycles. The van der Waals surface area contributed by atoms with Crippen molar-refractivity contribution in [1.82, 2.24) is 0 Å². The predicted molar refractivity (Wildman–Crippen MR) is 58.5 cm³/mol. The van der Waals surface area contributed by atoms with Gasteiger partial charge < -0.3 is 4.74 Å². The van der Waals surface area contributed by atoms with Gasteiger partial charge in [-0.05, 0) is 13.3 Å². The number of hydrogen-bond acceptors (Lipinski definition) is 1. The van der Waals surface area contributed by atoms with Gasteiger partial charge in [-0.2, -0.15) is 0 Å². The second kappa shape index (κ2) is 6.67. The quantitative estimate of drug-likeness (QED) is 0.439. The van der Waals surface area contributed by atoms with Gasteiger partial charge >= 0.3 is 0 Å². The van der Waals surface area contributed by atoms with Gasteiger partial charge in [-0.3, -0.25) is 0 Å². The van der Waals surface area contributed by atoms with Crippen LogP contribution in [0, 0.1) is 0 Å². The Kier molecular flexibility index (Phi) is 6.77. The van der Waals surface area contributed by atoms with E-state index in [4.69, 9.17) is 4.74 Å². The summed E-state index contributed by atoms with van der Waals surface area (Å²) in [4.78, 5) is 0. The summed E-state index contributed by atoms with van der Waals surface area (Å²) in [5.41, 5.74) is 0. The summed E-state index contributed by atoms with van der Waals surface area (Å²) in [6.07, 6.45) is 2.63. The van der Waals surface area contributed by atoms with Crippen molar-refractivity contribution < 1.29 is 4.74 Å². The summed E-state index contributed by atoms with van der Waals surface area (Å²) >= 11 is 0. The van der Waals surface area contributed by atoms with Crippen LogP contribution in [0.15, 0.2) is 0 Å². The lowest BCUT2D eigenvalue weighted by Gasteiger charge is -2.21. The molecule has 0 radical (unpaired) electrons. The van der Waals surface area contributed by atoms with E-state index in [-0.39, 0.29) is 0 Å². The zero-order valence-electron chi connectivity index (χ0n) is 9.15. The van der Waals surface area contributed by atoms with Crippen LogP contribution in [-0.2, 0) is 4.74 Å². The number of ether oxygens (including phenoxy) is 1. The Bertz CT molecular complexity index is 102. The summed E-state index contributed by atoms with van der Waals surface area (Å²) < 4.78 is 5.33. The molecule has 74 valence electrons. The molecule has 0 unspecified atom stereocenters. The molecule has 0 spiro atoms. The third-order valence-electron chi connectivity index (χ3n) is 2.27. The minimum Gasteiger partial charge on any atom is -0.382 e. The fourth-order valence-corrected chi connectivity index (χ4v) is 4.30. The molecular formula is C10H24OSi. The van der Waals surface area contributed by atoms with Crippen molar-refractivity contribution in [2.75, 3.05) is 13.2 Å². The molecule has 0 amide bonds. The Morgan fingerprint density at radius 2 is 1.75 bits per heavy atom. The van der Waals surface area contributed by atoms with E-state index in [1.54, 1.807) is 0 Å². The van der Waals surface area contributed by atoms with Gasteiger partial charge in [0.15, 0.2) is 0 Å². The van der Waals surface area contributed by atoms with Gasteiger partial charge in [0.1, 0.15) is 0 Å². The highest BCUT2D eigenvalue weighted by molar-refractivity contribution is 6.77. The van der Waals surface area contributed by atoms with Crippen LogP contribution in [0.1, 0.15) is 26.7 Å². The van der Waals surface area contributed by atoms with Crippen LogP contribution in [0.5, 0.6) is 0 Å². The lowest BCUT2D eigenvalue weighted by molar-refractivity contribution is 0.148. The molecule has 1 nitrogen and oxygen atoms in total. The molecule has 0 atom stereocenters. The van der Waals surface area contributed by atoms with E-state index in [2.05, 4.69) is 26.9 Å². The third-order valence-corrected chi connectivity index (χ3v) is 5.83. The van der Waals surface area contributed by atoms with Gasteiger partial charge in [0.05, 0.1) is 0 Å². The van der Waals surface area contributed by atoms with E-state index in [9.17, 15) is 0 Å². The third kappa shape index (κ3) is 6.86. The molecule has 0 aromatic carbocycles. The molecule has 0 saturated carbocycles. The summed E-state index contributed by atoms with van der Waals surface area (Å²) in [6.45, 7) is 11.2. The molecule has 12 heavy (non-hydrogen) atoms. The van der Waals surface area contributed by atoms with Crippen LogP contribution in [0.4, 0.5) is 0 Å². The highest BCUT2D eigenvalue weighted by Gasteiger charge is 2.17. The van der Waals surface area contributed by atoms with E-state index >= 15 is 0 Å². The molecule has 0 heterocycles. The van der Waals surface area contributed by atoms with Crippen molar-refractivity contribution in [3.63, 3.8) is 0 Å². The van der Waals surface area contributed by atoms with Gasteiger partial charge in [0.2, 0.25) is 0 Å². The summed E-state index contributed by atoms with van der Waals surface area (Å²) in [5, 5.41) is 0. The first kappa shape index (κ1) is 12.2. The number of hydrogen-bond donors (Lipinski definition) is 0. The number of rotatable bonds is 7. The molecule has 0 N–H and O–H groups in total. The van der Waals surface area contributed by atoms with Crippen molar-refractivity contribution in [3.8, 4) is 0 Å². The average molecular weight is 188 g/mol. The van der Waals surface area contributed by atoms with Crippen molar-refractivity contribution in [1.29, 1.82) is 0 Å². The maximum absolute atomic E-state index is 5.33. The van der Waals surface area contributed by atoms with E-state index < -0.39 is 8.07 Å². The topological polar surface area (TPSA) is 9.23 Å². The van der Waals surface area contributed by atoms with Crippen LogP contribution < -0.4 is 0 Å². The maximum Gasteiger partial charge on any atom is 0.0474 e. The molecule has 0 aliphatic heterocycles. The van der Waals surface area contributed by atoms with Gasteiger partial charge in [-0.15, -0.1) is 0 Å². The molecule has 0 rings (SSSR count). The maximum atomic E-state index is 5.33. The van der Waals surface area contributed by atoms with Crippen molar-refractivity contribution in [2.45, 2.75) is 51.9 Å². The first-order valence-electron chi connectivity index (χ1n) is 5.20. The standard InChI is InChI=1S/C10H24OSi/c1-5-9-12(3,4)10-7-8-11-6-2/h5-10H2,1-4H3. The second-order valence-electron chi connectivity index (χ2n) is 4.21. The van der Waals surface area contributed by atoms with Crippen LogP contribution in [0.2, 0.25) is 25.2 Å². The smallest absolute Gasteiger partial charge is 0.0474 e. The normalized spacial score (nSPS) is 12.0. The van der Waals surface area contributed by atoms with E-state index in [0.717, 1.165) is 13.2 Å². The highest BCUT2D eigenvalue weighted by Crippen LogP contribution is 2.18. The Hall–Kier alpha value is 0.177. The van der Waals surface area contributed by atoms with Crippen molar-refractivity contribution >= 4 is 8.07 Å². The van der Waals surface area contributed by atoms with E-state index in [0.29, 0.717) is 0 Å². The van der Waals surface area contributed by atoms with E-state index in [1.165, 1.54) is 24.9 Å².